The van der Waals surface area contributed by atoms with Crippen molar-refractivity contribution in [3.63, 3.8) is 0 Å². The first-order valence-corrected chi connectivity index (χ1v) is 6.96. The van der Waals surface area contributed by atoms with Gasteiger partial charge in [-0.1, -0.05) is 26.7 Å². The van der Waals surface area contributed by atoms with Crippen molar-refractivity contribution >= 4 is 5.91 Å². The van der Waals surface area contributed by atoms with Gasteiger partial charge in [-0.15, -0.1) is 0 Å². The molecule has 0 heterocycles. The quantitative estimate of drug-likeness (QED) is 0.820. The van der Waals surface area contributed by atoms with Crippen molar-refractivity contribution in [2.45, 2.75) is 58.9 Å². The number of carbonyl (C=O) groups excluding carboxylic acids is 1. The second-order valence-corrected chi connectivity index (χ2v) is 6.07. The van der Waals surface area contributed by atoms with Gasteiger partial charge in [-0.05, 0) is 32.6 Å². The lowest BCUT2D eigenvalue weighted by atomic mass is 9.74. The molecule has 1 rings (SSSR count). The number of nitrogens with two attached hydrogens (primary N) is 1. The second-order valence-electron chi connectivity index (χ2n) is 6.07. The van der Waals surface area contributed by atoms with Crippen LogP contribution in [0.3, 0.4) is 0 Å². The normalized spacial score (nSPS) is 29.4. The molecule has 1 fully saturated rings. The number of rotatable bonds is 4. The zero-order valence-electron chi connectivity index (χ0n) is 11.8. The van der Waals surface area contributed by atoms with Crippen LogP contribution in [0.25, 0.3) is 0 Å². The summed E-state index contributed by atoms with van der Waals surface area (Å²) in [6.07, 6.45) is 4.23. The molecule has 3 nitrogen and oxygen atoms in total. The van der Waals surface area contributed by atoms with Gasteiger partial charge in [0.15, 0.2) is 0 Å². The van der Waals surface area contributed by atoms with E-state index in [1.807, 2.05) is 11.8 Å². The van der Waals surface area contributed by atoms with E-state index in [9.17, 15) is 4.79 Å². The Morgan fingerprint density at radius 1 is 1.47 bits per heavy atom. The van der Waals surface area contributed by atoms with Crippen LogP contribution in [-0.4, -0.2) is 29.4 Å². The van der Waals surface area contributed by atoms with E-state index < -0.39 is 0 Å². The maximum atomic E-state index is 12.5. The maximum Gasteiger partial charge on any atom is 0.227 e. The van der Waals surface area contributed by atoms with Crippen LogP contribution in [0.5, 0.6) is 0 Å². The molecule has 0 aliphatic heterocycles. The highest BCUT2D eigenvalue weighted by Crippen LogP contribution is 2.33. The topological polar surface area (TPSA) is 46.3 Å². The van der Waals surface area contributed by atoms with E-state index in [2.05, 4.69) is 20.8 Å². The molecule has 1 aliphatic carbocycles. The van der Waals surface area contributed by atoms with Gasteiger partial charge in [-0.2, -0.15) is 0 Å². The zero-order chi connectivity index (χ0) is 13.1. The smallest absolute Gasteiger partial charge is 0.227 e. The van der Waals surface area contributed by atoms with Gasteiger partial charge < -0.3 is 10.6 Å². The Morgan fingerprint density at radius 3 is 2.59 bits per heavy atom. The predicted octanol–water partition coefficient (Wildman–Crippen LogP) is 2.40. The van der Waals surface area contributed by atoms with Gasteiger partial charge in [-0.25, -0.2) is 0 Å². The van der Waals surface area contributed by atoms with E-state index in [4.69, 9.17) is 5.73 Å². The average Bonchev–Trinajstić information content (AvgIpc) is 2.24. The third kappa shape index (κ3) is 3.70. The summed E-state index contributed by atoms with van der Waals surface area (Å²) in [5, 5.41) is 0. The Morgan fingerprint density at radius 2 is 2.12 bits per heavy atom. The number of hydrogen-bond donors (Lipinski definition) is 1. The van der Waals surface area contributed by atoms with Gasteiger partial charge in [0.05, 0.1) is 5.92 Å². The van der Waals surface area contributed by atoms with Crippen LogP contribution in [0.2, 0.25) is 0 Å². The Kier molecular flexibility index (Phi) is 4.99. The summed E-state index contributed by atoms with van der Waals surface area (Å²) in [6, 6.07) is 0. The van der Waals surface area contributed by atoms with Gasteiger partial charge >= 0.3 is 0 Å². The standard InChI is InChI=1S/C14H28N2O/c1-5-16(10-11(2)3)13(17)12-8-6-7-9-14(12,4)15/h11-12H,5-10,15H2,1-4H3. The van der Waals surface area contributed by atoms with Crippen LogP contribution in [-0.2, 0) is 4.79 Å². The molecule has 17 heavy (non-hydrogen) atoms. The first kappa shape index (κ1) is 14.5. The third-order valence-corrected chi connectivity index (χ3v) is 3.83. The Hall–Kier alpha value is -0.570. The molecule has 1 amide bonds. The average molecular weight is 240 g/mol. The van der Waals surface area contributed by atoms with Crippen molar-refractivity contribution in [2.75, 3.05) is 13.1 Å². The molecule has 2 atom stereocenters. The van der Waals surface area contributed by atoms with Gasteiger partial charge in [0, 0.05) is 18.6 Å². The highest BCUT2D eigenvalue weighted by atomic mass is 16.2. The van der Waals surface area contributed by atoms with E-state index in [1.54, 1.807) is 0 Å². The molecule has 0 aromatic rings. The first-order chi connectivity index (χ1) is 7.88. The molecule has 1 saturated carbocycles. The van der Waals surface area contributed by atoms with Crippen molar-refractivity contribution in [2.24, 2.45) is 17.6 Å². The Labute approximate surface area is 106 Å². The number of nitrogens with zero attached hydrogens (tertiary/aromatic N) is 1. The van der Waals surface area contributed by atoms with E-state index in [1.165, 1.54) is 0 Å². The summed E-state index contributed by atoms with van der Waals surface area (Å²) in [5.74, 6) is 0.812. The molecular formula is C14H28N2O. The van der Waals surface area contributed by atoms with Crippen molar-refractivity contribution in [3.05, 3.63) is 0 Å². The van der Waals surface area contributed by atoms with Gasteiger partial charge in [0.2, 0.25) is 5.91 Å². The summed E-state index contributed by atoms with van der Waals surface area (Å²) in [6.45, 7) is 10.0. The van der Waals surface area contributed by atoms with E-state index in [-0.39, 0.29) is 17.4 Å². The van der Waals surface area contributed by atoms with Crippen molar-refractivity contribution in [3.8, 4) is 0 Å². The second kappa shape index (κ2) is 5.85. The molecule has 2 N–H and O–H groups in total. The molecule has 1 aliphatic rings. The Balaban J connectivity index is 2.72. The van der Waals surface area contributed by atoms with Crippen molar-refractivity contribution in [1.29, 1.82) is 0 Å². The van der Waals surface area contributed by atoms with Crippen LogP contribution in [0, 0.1) is 11.8 Å². The summed E-state index contributed by atoms with van der Waals surface area (Å²) in [5.41, 5.74) is 5.99. The van der Waals surface area contributed by atoms with E-state index >= 15 is 0 Å². The zero-order valence-corrected chi connectivity index (χ0v) is 11.8. The fraction of sp³-hybridized carbons (Fsp3) is 0.929. The molecule has 3 heteroatoms. The fourth-order valence-electron chi connectivity index (χ4n) is 2.80. The first-order valence-electron chi connectivity index (χ1n) is 6.96. The minimum Gasteiger partial charge on any atom is -0.342 e. The van der Waals surface area contributed by atoms with Gasteiger partial charge in [0.1, 0.15) is 0 Å². The minimum absolute atomic E-state index is 0.0231. The van der Waals surface area contributed by atoms with Gasteiger partial charge in [-0.3, -0.25) is 4.79 Å². The lowest BCUT2D eigenvalue weighted by Gasteiger charge is -2.40. The van der Waals surface area contributed by atoms with Crippen molar-refractivity contribution < 1.29 is 4.79 Å². The maximum absolute atomic E-state index is 12.5. The minimum atomic E-state index is -0.306. The number of carbonyl (C=O) groups is 1. The highest BCUT2D eigenvalue weighted by Gasteiger charge is 2.39. The van der Waals surface area contributed by atoms with Crippen LogP contribution in [0.4, 0.5) is 0 Å². The number of hydrogen-bond acceptors (Lipinski definition) is 2. The lowest BCUT2D eigenvalue weighted by molar-refractivity contribution is -0.139. The lowest BCUT2D eigenvalue weighted by Crippen LogP contribution is -2.54. The fourth-order valence-corrected chi connectivity index (χ4v) is 2.80. The predicted molar refractivity (Wildman–Crippen MR) is 71.6 cm³/mol. The summed E-state index contributed by atoms with van der Waals surface area (Å²) in [4.78, 5) is 14.5. The van der Waals surface area contributed by atoms with E-state index in [0.29, 0.717) is 5.92 Å². The van der Waals surface area contributed by atoms with Gasteiger partial charge in [0.25, 0.3) is 0 Å². The SMILES string of the molecule is CCN(CC(C)C)C(=O)C1CCCCC1(C)N. The summed E-state index contributed by atoms with van der Waals surface area (Å²) in [7, 11) is 0. The molecule has 0 aromatic heterocycles. The Bertz CT molecular complexity index is 261. The monoisotopic (exact) mass is 240 g/mol. The molecule has 0 saturated heterocycles. The third-order valence-electron chi connectivity index (χ3n) is 3.83. The van der Waals surface area contributed by atoms with Crippen LogP contribution >= 0.6 is 0 Å². The molecule has 2 unspecified atom stereocenters. The summed E-state index contributed by atoms with van der Waals surface area (Å²) < 4.78 is 0. The van der Waals surface area contributed by atoms with Crippen LogP contribution in [0.1, 0.15) is 53.4 Å². The molecule has 0 spiro atoms. The largest absolute Gasteiger partial charge is 0.342 e. The van der Waals surface area contributed by atoms with Crippen LogP contribution in [0.15, 0.2) is 0 Å². The molecule has 0 bridgehead atoms. The highest BCUT2D eigenvalue weighted by molar-refractivity contribution is 5.80. The van der Waals surface area contributed by atoms with Crippen molar-refractivity contribution in [1.82, 2.24) is 4.90 Å². The molecular weight excluding hydrogens is 212 g/mol. The molecule has 0 radical (unpaired) electrons. The summed E-state index contributed by atoms with van der Waals surface area (Å²) >= 11 is 0. The molecule has 100 valence electrons. The van der Waals surface area contributed by atoms with E-state index in [0.717, 1.165) is 38.8 Å². The van der Waals surface area contributed by atoms with Crippen LogP contribution < -0.4 is 5.73 Å². The molecule has 0 aromatic carbocycles. The number of amides is 1.